The summed E-state index contributed by atoms with van der Waals surface area (Å²) < 4.78 is 0.697. The first-order valence-corrected chi connectivity index (χ1v) is 5.41. The molecule has 1 aromatic rings. The molecule has 1 heterocycles. The summed E-state index contributed by atoms with van der Waals surface area (Å²) in [6, 6.07) is 2.12. The number of pyridine rings is 1. The highest BCUT2D eigenvalue weighted by Crippen LogP contribution is 2.15. The molecule has 0 bridgehead atoms. The first-order chi connectivity index (χ1) is 5.61. The smallest absolute Gasteiger partial charge is 0.0404 e. The molecule has 12 heavy (non-hydrogen) atoms. The molecule has 0 aliphatic rings. The average molecular weight is 275 g/mol. The van der Waals surface area contributed by atoms with Gasteiger partial charge in [0.25, 0.3) is 0 Å². The van der Waals surface area contributed by atoms with Crippen LogP contribution in [0, 0.1) is 13.8 Å². The van der Waals surface area contributed by atoms with Gasteiger partial charge in [0.15, 0.2) is 0 Å². The summed E-state index contributed by atoms with van der Waals surface area (Å²) >= 11 is 2.45. The van der Waals surface area contributed by atoms with Crippen LogP contribution in [0.2, 0.25) is 0 Å². The summed E-state index contributed by atoms with van der Waals surface area (Å²) in [5.74, 6) is 0. The fourth-order valence-corrected chi connectivity index (χ4v) is 1.69. The Morgan fingerprint density at radius 3 is 2.75 bits per heavy atom. The summed E-state index contributed by atoms with van der Waals surface area (Å²) in [6.07, 6.45) is 3.05. The number of hydrogen-bond donors (Lipinski definition) is 0. The number of aryl methyl sites for hydroxylation is 1. The number of hydrogen-bond acceptors (Lipinski definition) is 1. The molecule has 1 atom stereocenters. The molecule has 1 aromatic heterocycles. The summed E-state index contributed by atoms with van der Waals surface area (Å²) in [6.45, 7) is 6.45. The topological polar surface area (TPSA) is 12.9 Å². The van der Waals surface area contributed by atoms with Gasteiger partial charge in [-0.3, -0.25) is 4.98 Å². The first-order valence-electron chi connectivity index (χ1n) is 4.16. The zero-order valence-corrected chi connectivity index (χ0v) is 9.92. The Hall–Kier alpha value is -0.120. The van der Waals surface area contributed by atoms with Crippen molar-refractivity contribution in [2.75, 3.05) is 0 Å². The van der Waals surface area contributed by atoms with Crippen LogP contribution in [0.3, 0.4) is 0 Å². The van der Waals surface area contributed by atoms with Crippen LogP contribution < -0.4 is 0 Å². The number of halogens is 1. The summed E-state index contributed by atoms with van der Waals surface area (Å²) in [5, 5.41) is 0. The monoisotopic (exact) mass is 275 g/mol. The Morgan fingerprint density at radius 2 is 2.17 bits per heavy atom. The summed E-state index contributed by atoms with van der Waals surface area (Å²) in [7, 11) is 0. The van der Waals surface area contributed by atoms with E-state index in [2.05, 4.69) is 54.4 Å². The predicted molar refractivity (Wildman–Crippen MR) is 60.9 cm³/mol. The van der Waals surface area contributed by atoms with E-state index in [1.165, 1.54) is 11.1 Å². The van der Waals surface area contributed by atoms with E-state index in [1.54, 1.807) is 0 Å². The van der Waals surface area contributed by atoms with Crippen LogP contribution in [0.15, 0.2) is 12.3 Å². The van der Waals surface area contributed by atoms with Crippen molar-refractivity contribution in [1.82, 2.24) is 4.98 Å². The van der Waals surface area contributed by atoms with Crippen molar-refractivity contribution in [3.63, 3.8) is 0 Å². The van der Waals surface area contributed by atoms with Crippen LogP contribution in [0.5, 0.6) is 0 Å². The van der Waals surface area contributed by atoms with Crippen molar-refractivity contribution < 1.29 is 0 Å². The van der Waals surface area contributed by atoms with E-state index in [0.29, 0.717) is 3.92 Å². The van der Waals surface area contributed by atoms with Gasteiger partial charge in [-0.05, 0) is 37.5 Å². The van der Waals surface area contributed by atoms with Gasteiger partial charge in [-0.25, -0.2) is 0 Å². The molecule has 0 aliphatic carbocycles. The van der Waals surface area contributed by atoms with E-state index in [9.17, 15) is 0 Å². The van der Waals surface area contributed by atoms with Gasteiger partial charge in [-0.15, -0.1) is 0 Å². The van der Waals surface area contributed by atoms with Crippen molar-refractivity contribution in [1.29, 1.82) is 0 Å². The van der Waals surface area contributed by atoms with Gasteiger partial charge >= 0.3 is 0 Å². The second kappa shape index (κ2) is 4.21. The molecule has 0 aliphatic heterocycles. The SMILES string of the molecule is Cc1nccc(CC(C)I)c1C. The lowest BCUT2D eigenvalue weighted by Gasteiger charge is -2.08. The highest BCUT2D eigenvalue weighted by atomic mass is 127. The molecule has 1 unspecified atom stereocenters. The normalized spacial score (nSPS) is 13.0. The van der Waals surface area contributed by atoms with Crippen LogP contribution in [0.4, 0.5) is 0 Å². The van der Waals surface area contributed by atoms with Gasteiger partial charge in [-0.1, -0.05) is 29.5 Å². The Kier molecular flexibility index (Phi) is 3.50. The fourth-order valence-electron chi connectivity index (χ4n) is 1.22. The minimum Gasteiger partial charge on any atom is -0.261 e. The van der Waals surface area contributed by atoms with Gasteiger partial charge in [0.05, 0.1) is 0 Å². The third-order valence-corrected chi connectivity index (χ3v) is 2.51. The molecule has 0 fully saturated rings. The summed E-state index contributed by atoms with van der Waals surface area (Å²) in [5.41, 5.74) is 3.94. The maximum absolute atomic E-state index is 4.24. The number of nitrogens with zero attached hydrogens (tertiary/aromatic N) is 1. The molecule has 0 saturated carbocycles. The van der Waals surface area contributed by atoms with Gasteiger partial charge in [0.1, 0.15) is 0 Å². The number of alkyl halides is 1. The molecule has 0 radical (unpaired) electrons. The number of aromatic nitrogens is 1. The van der Waals surface area contributed by atoms with Crippen molar-refractivity contribution in [3.05, 3.63) is 29.1 Å². The average Bonchev–Trinajstić information content (AvgIpc) is 1.98. The van der Waals surface area contributed by atoms with Gasteiger partial charge in [-0.2, -0.15) is 0 Å². The van der Waals surface area contributed by atoms with Crippen LogP contribution in [-0.4, -0.2) is 8.91 Å². The second-order valence-electron chi connectivity index (χ2n) is 3.17. The molecule has 1 rings (SSSR count). The van der Waals surface area contributed by atoms with E-state index >= 15 is 0 Å². The molecular weight excluding hydrogens is 261 g/mol. The molecule has 0 amide bonds. The van der Waals surface area contributed by atoms with E-state index < -0.39 is 0 Å². The zero-order valence-electron chi connectivity index (χ0n) is 7.76. The lowest BCUT2D eigenvalue weighted by molar-refractivity contribution is 0.947. The fraction of sp³-hybridized carbons (Fsp3) is 0.500. The molecular formula is C10H14IN. The molecule has 0 aromatic carbocycles. The largest absolute Gasteiger partial charge is 0.261 e. The maximum atomic E-state index is 4.24. The molecule has 66 valence electrons. The van der Waals surface area contributed by atoms with Crippen molar-refractivity contribution in [3.8, 4) is 0 Å². The number of rotatable bonds is 2. The summed E-state index contributed by atoms with van der Waals surface area (Å²) in [4.78, 5) is 4.24. The third kappa shape index (κ3) is 2.44. The van der Waals surface area contributed by atoms with Crippen molar-refractivity contribution in [2.45, 2.75) is 31.1 Å². The Labute approximate surface area is 87.7 Å². The zero-order chi connectivity index (χ0) is 9.14. The van der Waals surface area contributed by atoms with Crippen LogP contribution in [-0.2, 0) is 6.42 Å². The van der Waals surface area contributed by atoms with E-state index in [1.807, 2.05) is 6.20 Å². The highest BCUT2D eigenvalue weighted by Gasteiger charge is 2.03. The molecule has 1 nitrogen and oxygen atoms in total. The standard InChI is InChI=1S/C10H14IN/c1-7(11)6-10-4-5-12-9(3)8(10)2/h4-5,7H,6H2,1-3H3. The van der Waals surface area contributed by atoms with Crippen molar-refractivity contribution >= 4 is 22.6 Å². The van der Waals surface area contributed by atoms with Gasteiger partial charge in [0, 0.05) is 15.8 Å². The lowest BCUT2D eigenvalue weighted by Crippen LogP contribution is -2.00. The minimum atomic E-state index is 0.697. The van der Waals surface area contributed by atoms with Crippen molar-refractivity contribution in [2.24, 2.45) is 0 Å². The molecule has 2 heteroatoms. The lowest BCUT2D eigenvalue weighted by atomic mass is 10.0. The van der Waals surface area contributed by atoms with Gasteiger partial charge in [0.2, 0.25) is 0 Å². The molecule has 0 saturated heterocycles. The Balaban J connectivity index is 2.92. The quantitative estimate of drug-likeness (QED) is 0.597. The third-order valence-electron chi connectivity index (χ3n) is 2.07. The Bertz CT molecular complexity index is 269. The predicted octanol–water partition coefficient (Wildman–Crippen LogP) is 3.06. The molecule has 0 N–H and O–H groups in total. The van der Waals surface area contributed by atoms with E-state index in [-0.39, 0.29) is 0 Å². The maximum Gasteiger partial charge on any atom is 0.0404 e. The van der Waals surface area contributed by atoms with Crippen LogP contribution >= 0.6 is 22.6 Å². The second-order valence-corrected chi connectivity index (χ2v) is 5.29. The van der Waals surface area contributed by atoms with Crippen LogP contribution in [0.25, 0.3) is 0 Å². The van der Waals surface area contributed by atoms with E-state index in [4.69, 9.17) is 0 Å². The van der Waals surface area contributed by atoms with Crippen LogP contribution in [0.1, 0.15) is 23.7 Å². The molecule has 0 spiro atoms. The Morgan fingerprint density at radius 1 is 1.50 bits per heavy atom. The minimum absolute atomic E-state index is 0.697. The van der Waals surface area contributed by atoms with E-state index in [0.717, 1.165) is 12.1 Å². The highest BCUT2D eigenvalue weighted by molar-refractivity contribution is 14.1. The first kappa shape index (κ1) is 9.96. The van der Waals surface area contributed by atoms with Gasteiger partial charge < -0.3 is 0 Å².